The topological polar surface area (TPSA) is 64.0 Å². The number of rotatable bonds is 6. The molecule has 0 saturated carbocycles. The fraction of sp³-hybridized carbons (Fsp3) is 0.381. The van der Waals surface area contributed by atoms with E-state index in [1.807, 2.05) is 42.5 Å². The number of aromatic carboxylic acids is 1. The Labute approximate surface area is 154 Å². The van der Waals surface area contributed by atoms with Gasteiger partial charge in [0.05, 0.1) is 11.7 Å². The first kappa shape index (κ1) is 18.6. The molecule has 1 saturated heterocycles. The molecule has 0 spiro atoms. The molecule has 0 radical (unpaired) electrons. The van der Waals surface area contributed by atoms with Crippen molar-refractivity contribution in [3.8, 4) is 0 Å². The van der Waals surface area contributed by atoms with Gasteiger partial charge in [0.15, 0.2) is 0 Å². The van der Waals surface area contributed by atoms with Crippen molar-refractivity contribution in [2.45, 2.75) is 25.6 Å². The Morgan fingerprint density at radius 1 is 1.12 bits per heavy atom. The predicted molar refractivity (Wildman–Crippen MR) is 101 cm³/mol. The number of carbonyl (C=O) groups is 1. The molecule has 1 heterocycles. The monoisotopic (exact) mass is 354 g/mol. The van der Waals surface area contributed by atoms with Crippen LogP contribution in [0.1, 0.15) is 34.5 Å². The molecule has 2 aromatic rings. The summed E-state index contributed by atoms with van der Waals surface area (Å²) in [5.41, 5.74) is 2.41. The fourth-order valence-corrected chi connectivity index (χ4v) is 3.50. The van der Waals surface area contributed by atoms with Gasteiger partial charge >= 0.3 is 5.97 Å². The minimum atomic E-state index is -0.893. The maximum absolute atomic E-state index is 10.9. The van der Waals surface area contributed by atoms with Crippen molar-refractivity contribution in [1.29, 1.82) is 0 Å². The number of benzene rings is 2. The quantitative estimate of drug-likeness (QED) is 0.835. The first-order valence-corrected chi connectivity index (χ1v) is 9.04. The zero-order valence-corrected chi connectivity index (χ0v) is 15.1. The minimum Gasteiger partial charge on any atom is -0.478 e. The van der Waals surface area contributed by atoms with Crippen LogP contribution in [0.3, 0.4) is 0 Å². The molecule has 1 aliphatic rings. The average Bonchev–Trinajstić information content (AvgIpc) is 2.65. The number of aliphatic hydroxyl groups is 1. The first-order valence-electron chi connectivity index (χ1n) is 9.04. The van der Waals surface area contributed by atoms with Gasteiger partial charge in [-0.3, -0.25) is 9.80 Å². The third-order valence-corrected chi connectivity index (χ3v) is 5.05. The van der Waals surface area contributed by atoms with E-state index in [4.69, 9.17) is 5.11 Å². The lowest BCUT2D eigenvalue weighted by Crippen LogP contribution is -2.52. The highest BCUT2D eigenvalue weighted by molar-refractivity contribution is 5.87. The number of nitrogens with zero attached hydrogens (tertiary/aromatic N) is 2. The van der Waals surface area contributed by atoms with Crippen LogP contribution in [0.2, 0.25) is 0 Å². The second kappa shape index (κ2) is 8.45. The summed E-state index contributed by atoms with van der Waals surface area (Å²) in [4.78, 5) is 15.7. The van der Waals surface area contributed by atoms with Gasteiger partial charge in [0.1, 0.15) is 0 Å². The maximum Gasteiger partial charge on any atom is 0.335 e. The Kier molecular flexibility index (Phi) is 6.04. The minimum absolute atomic E-state index is 0.321. The molecule has 2 N–H and O–H groups in total. The van der Waals surface area contributed by atoms with Crippen LogP contribution in [0.4, 0.5) is 0 Å². The van der Waals surface area contributed by atoms with Gasteiger partial charge in [-0.2, -0.15) is 0 Å². The predicted octanol–water partition coefficient (Wildman–Crippen LogP) is 2.62. The highest BCUT2D eigenvalue weighted by Crippen LogP contribution is 2.19. The van der Waals surface area contributed by atoms with Crippen molar-refractivity contribution in [1.82, 2.24) is 9.80 Å². The molecule has 2 unspecified atom stereocenters. The molecule has 3 rings (SSSR count). The van der Waals surface area contributed by atoms with Crippen LogP contribution in [0.25, 0.3) is 0 Å². The van der Waals surface area contributed by atoms with Crippen LogP contribution in [-0.2, 0) is 6.54 Å². The lowest BCUT2D eigenvalue weighted by Gasteiger charge is -2.40. The molecule has 1 fully saturated rings. The summed E-state index contributed by atoms with van der Waals surface area (Å²) in [7, 11) is 0. The number of carboxylic acid groups (broad SMARTS) is 1. The van der Waals surface area contributed by atoms with Crippen LogP contribution < -0.4 is 0 Å². The molecule has 26 heavy (non-hydrogen) atoms. The SMILES string of the molecule is CC1CN(Cc2ccc(C(=O)O)cc2)CCN1CC(O)c1ccccc1. The van der Waals surface area contributed by atoms with Crippen molar-refractivity contribution < 1.29 is 15.0 Å². The molecule has 5 heteroatoms. The number of β-amino-alcohol motifs (C(OH)–C–C–N with tert-alkyl or cyclic N) is 1. The molecule has 1 aliphatic heterocycles. The summed E-state index contributed by atoms with van der Waals surface area (Å²) in [5.74, 6) is -0.893. The van der Waals surface area contributed by atoms with E-state index in [0.717, 1.165) is 37.3 Å². The zero-order chi connectivity index (χ0) is 18.5. The van der Waals surface area contributed by atoms with Gasteiger partial charge in [0.2, 0.25) is 0 Å². The second-order valence-corrected chi connectivity index (χ2v) is 7.01. The van der Waals surface area contributed by atoms with E-state index < -0.39 is 12.1 Å². The van der Waals surface area contributed by atoms with Crippen molar-refractivity contribution >= 4 is 5.97 Å². The molecule has 0 amide bonds. The summed E-state index contributed by atoms with van der Waals surface area (Å²) >= 11 is 0. The third-order valence-electron chi connectivity index (χ3n) is 5.05. The molecule has 0 aromatic heterocycles. The number of piperazine rings is 1. The fourth-order valence-electron chi connectivity index (χ4n) is 3.50. The summed E-state index contributed by atoms with van der Waals surface area (Å²) < 4.78 is 0. The van der Waals surface area contributed by atoms with E-state index in [0.29, 0.717) is 18.2 Å². The van der Waals surface area contributed by atoms with Gasteiger partial charge in [-0.05, 0) is 30.2 Å². The maximum atomic E-state index is 10.9. The van der Waals surface area contributed by atoms with E-state index in [-0.39, 0.29) is 0 Å². The lowest BCUT2D eigenvalue weighted by atomic mass is 10.1. The Bertz CT molecular complexity index is 718. The van der Waals surface area contributed by atoms with E-state index in [9.17, 15) is 9.90 Å². The van der Waals surface area contributed by atoms with E-state index in [1.165, 1.54) is 0 Å². The van der Waals surface area contributed by atoms with Gasteiger partial charge in [-0.25, -0.2) is 4.79 Å². The largest absolute Gasteiger partial charge is 0.478 e. The number of hydrogen-bond acceptors (Lipinski definition) is 4. The zero-order valence-electron chi connectivity index (χ0n) is 15.1. The highest BCUT2D eigenvalue weighted by atomic mass is 16.4. The molecule has 0 aliphatic carbocycles. The van der Waals surface area contributed by atoms with Crippen LogP contribution in [0.15, 0.2) is 54.6 Å². The molecular weight excluding hydrogens is 328 g/mol. The van der Waals surface area contributed by atoms with E-state index >= 15 is 0 Å². The number of carboxylic acids is 1. The standard InChI is InChI=1S/C21H26N2O3/c1-16-13-22(14-17-7-9-19(10-8-17)21(25)26)11-12-23(16)15-20(24)18-5-3-2-4-6-18/h2-10,16,20,24H,11-15H2,1H3,(H,25,26). The van der Waals surface area contributed by atoms with Crippen molar-refractivity contribution in [2.75, 3.05) is 26.2 Å². The van der Waals surface area contributed by atoms with Crippen LogP contribution in [0.5, 0.6) is 0 Å². The van der Waals surface area contributed by atoms with Gasteiger partial charge in [-0.1, -0.05) is 42.5 Å². The molecule has 5 nitrogen and oxygen atoms in total. The highest BCUT2D eigenvalue weighted by Gasteiger charge is 2.25. The number of hydrogen-bond donors (Lipinski definition) is 2. The second-order valence-electron chi connectivity index (χ2n) is 7.01. The summed E-state index contributed by atoms with van der Waals surface area (Å²) in [6.07, 6.45) is -0.464. The van der Waals surface area contributed by atoms with E-state index in [2.05, 4.69) is 16.7 Å². The Hall–Kier alpha value is -2.21. The summed E-state index contributed by atoms with van der Waals surface area (Å²) in [6.45, 7) is 6.44. The summed E-state index contributed by atoms with van der Waals surface area (Å²) in [5, 5.41) is 19.4. The van der Waals surface area contributed by atoms with Crippen LogP contribution >= 0.6 is 0 Å². The average molecular weight is 354 g/mol. The van der Waals surface area contributed by atoms with Crippen LogP contribution in [-0.4, -0.2) is 58.2 Å². The smallest absolute Gasteiger partial charge is 0.335 e. The van der Waals surface area contributed by atoms with Gasteiger partial charge < -0.3 is 10.2 Å². The summed E-state index contributed by atoms with van der Waals surface area (Å²) in [6, 6.07) is 17.3. The van der Waals surface area contributed by atoms with Crippen LogP contribution in [0, 0.1) is 0 Å². The molecule has 0 bridgehead atoms. The normalized spacial score (nSPS) is 20.0. The molecule has 2 atom stereocenters. The Balaban J connectivity index is 1.52. The van der Waals surface area contributed by atoms with E-state index in [1.54, 1.807) is 12.1 Å². The Morgan fingerprint density at radius 3 is 2.42 bits per heavy atom. The third kappa shape index (κ3) is 4.69. The van der Waals surface area contributed by atoms with Crippen molar-refractivity contribution in [3.63, 3.8) is 0 Å². The first-order chi connectivity index (χ1) is 12.5. The van der Waals surface area contributed by atoms with Gasteiger partial charge in [-0.15, -0.1) is 0 Å². The molecular formula is C21H26N2O3. The lowest BCUT2D eigenvalue weighted by molar-refractivity contribution is 0.0362. The van der Waals surface area contributed by atoms with Gasteiger partial charge in [0, 0.05) is 38.8 Å². The van der Waals surface area contributed by atoms with Crippen molar-refractivity contribution in [3.05, 3.63) is 71.3 Å². The number of aliphatic hydroxyl groups excluding tert-OH is 1. The molecule has 2 aromatic carbocycles. The Morgan fingerprint density at radius 2 is 1.81 bits per heavy atom. The van der Waals surface area contributed by atoms with Crippen molar-refractivity contribution in [2.24, 2.45) is 0 Å². The van der Waals surface area contributed by atoms with Gasteiger partial charge in [0.25, 0.3) is 0 Å². The molecule has 138 valence electrons.